The third-order valence-electron chi connectivity index (χ3n) is 4.31. The number of methoxy groups -OCH3 is 2. The molecule has 0 spiro atoms. The van der Waals surface area contributed by atoms with Crippen LogP contribution in [-0.2, 0) is 10.2 Å². The zero-order valence-corrected chi connectivity index (χ0v) is 12.6. The molecule has 0 aromatic heterocycles. The number of carboxylic acid groups (broad SMARTS) is 1. The predicted octanol–water partition coefficient (Wildman–Crippen LogP) is 3.49. The molecule has 0 atom stereocenters. The van der Waals surface area contributed by atoms with Crippen LogP contribution in [0.5, 0.6) is 11.5 Å². The second-order valence-corrected chi connectivity index (χ2v) is 5.53. The maximum atomic E-state index is 11.4. The van der Waals surface area contributed by atoms with Crippen LogP contribution in [0.3, 0.4) is 0 Å². The van der Waals surface area contributed by atoms with Crippen molar-refractivity contribution in [1.82, 2.24) is 0 Å². The van der Waals surface area contributed by atoms with Gasteiger partial charge < -0.3 is 14.6 Å². The van der Waals surface area contributed by atoms with E-state index in [0.29, 0.717) is 12.8 Å². The molecule has 2 aromatic carbocycles. The molecule has 3 rings (SSSR count). The second kappa shape index (κ2) is 5.37. The van der Waals surface area contributed by atoms with E-state index in [4.69, 9.17) is 9.47 Å². The van der Waals surface area contributed by atoms with Crippen LogP contribution >= 0.6 is 0 Å². The Hall–Kier alpha value is -2.49. The zero-order valence-electron chi connectivity index (χ0n) is 12.6. The van der Waals surface area contributed by atoms with E-state index in [-0.39, 0.29) is 0 Å². The quantitative estimate of drug-likeness (QED) is 0.918. The molecule has 4 nitrogen and oxygen atoms in total. The van der Waals surface area contributed by atoms with Gasteiger partial charge in [0.2, 0.25) is 0 Å². The van der Waals surface area contributed by atoms with E-state index in [1.165, 1.54) is 0 Å². The molecule has 1 aliphatic rings. The molecule has 0 unspecified atom stereocenters. The maximum Gasteiger partial charge on any atom is 0.314 e. The maximum absolute atomic E-state index is 11.4. The number of benzene rings is 2. The molecule has 114 valence electrons. The summed E-state index contributed by atoms with van der Waals surface area (Å²) >= 11 is 0. The van der Waals surface area contributed by atoms with E-state index in [1.807, 2.05) is 42.5 Å². The fraction of sp³-hybridized carbons (Fsp3) is 0.278. The Bertz CT molecular complexity index is 700. The minimum absolute atomic E-state index is 0.670. The molecular formula is C18H18O4. The van der Waals surface area contributed by atoms with Gasteiger partial charge in [0.15, 0.2) is 0 Å². The summed E-state index contributed by atoms with van der Waals surface area (Å²) in [7, 11) is 3.25. The Morgan fingerprint density at radius 2 is 1.73 bits per heavy atom. The molecule has 0 saturated heterocycles. The zero-order chi connectivity index (χ0) is 15.7. The Morgan fingerprint density at radius 1 is 1.05 bits per heavy atom. The topological polar surface area (TPSA) is 55.8 Å². The summed E-state index contributed by atoms with van der Waals surface area (Å²) in [5.41, 5.74) is 2.09. The fourth-order valence-corrected chi connectivity index (χ4v) is 2.76. The lowest BCUT2D eigenvalue weighted by molar-refractivity contribution is -0.140. The molecule has 4 heteroatoms. The largest absolute Gasteiger partial charge is 0.497 e. The molecule has 2 aromatic rings. The van der Waals surface area contributed by atoms with E-state index in [9.17, 15) is 9.90 Å². The van der Waals surface area contributed by atoms with Crippen LogP contribution in [0.25, 0.3) is 11.1 Å². The highest BCUT2D eigenvalue weighted by atomic mass is 16.5. The third-order valence-corrected chi connectivity index (χ3v) is 4.31. The van der Waals surface area contributed by atoms with Gasteiger partial charge >= 0.3 is 5.97 Å². The van der Waals surface area contributed by atoms with Gasteiger partial charge in [-0.3, -0.25) is 4.79 Å². The first-order valence-corrected chi connectivity index (χ1v) is 7.17. The molecule has 0 heterocycles. The number of ether oxygens (including phenoxy) is 2. The lowest BCUT2D eigenvalue weighted by atomic mass is 9.93. The summed E-state index contributed by atoms with van der Waals surface area (Å²) in [6.07, 6.45) is 1.42. The number of carbonyl (C=O) groups is 1. The van der Waals surface area contributed by atoms with Gasteiger partial charge in [-0.15, -0.1) is 0 Å². The van der Waals surface area contributed by atoms with E-state index in [1.54, 1.807) is 14.2 Å². The average molecular weight is 298 g/mol. The van der Waals surface area contributed by atoms with Crippen LogP contribution < -0.4 is 9.47 Å². The van der Waals surface area contributed by atoms with Crippen LogP contribution in [0.4, 0.5) is 0 Å². The molecule has 1 N–H and O–H groups in total. The van der Waals surface area contributed by atoms with Crippen molar-refractivity contribution in [2.24, 2.45) is 0 Å². The first kappa shape index (κ1) is 14.4. The van der Waals surface area contributed by atoms with Gasteiger partial charge in [0, 0.05) is 5.56 Å². The Kier molecular flexibility index (Phi) is 3.53. The SMILES string of the molecule is COc1ccc(OC)c(-c2ccc(C3(C(=O)O)CC3)cc2)c1. The van der Waals surface area contributed by atoms with E-state index >= 15 is 0 Å². The first-order chi connectivity index (χ1) is 10.6. The number of hydrogen-bond acceptors (Lipinski definition) is 3. The lowest BCUT2D eigenvalue weighted by Gasteiger charge is -2.13. The van der Waals surface area contributed by atoms with Crippen molar-refractivity contribution >= 4 is 5.97 Å². The van der Waals surface area contributed by atoms with Crippen LogP contribution in [-0.4, -0.2) is 25.3 Å². The highest BCUT2D eigenvalue weighted by Crippen LogP contribution is 2.48. The molecule has 0 amide bonds. The van der Waals surface area contributed by atoms with Gasteiger partial charge in [0.25, 0.3) is 0 Å². The van der Waals surface area contributed by atoms with E-state index in [0.717, 1.165) is 28.2 Å². The monoisotopic (exact) mass is 298 g/mol. The predicted molar refractivity (Wildman–Crippen MR) is 83.5 cm³/mol. The number of carboxylic acids is 1. The molecule has 0 bridgehead atoms. The van der Waals surface area contributed by atoms with E-state index < -0.39 is 11.4 Å². The smallest absolute Gasteiger partial charge is 0.314 e. The second-order valence-electron chi connectivity index (χ2n) is 5.53. The Balaban J connectivity index is 1.98. The number of rotatable bonds is 5. The normalized spacial score (nSPS) is 15.2. The minimum atomic E-state index is -0.737. The fourth-order valence-electron chi connectivity index (χ4n) is 2.76. The van der Waals surface area contributed by atoms with Crippen LogP contribution in [0.15, 0.2) is 42.5 Å². The molecule has 22 heavy (non-hydrogen) atoms. The summed E-state index contributed by atoms with van der Waals surface area (Å²) < 4.78 is 10.7. The van der Waals surface area contributed by atoms with Crippen LogP contribution in [0.1, 0.15) is 18.4 Å². The molecule has 0 aliphatic heterocycles. The summed E-state index contributed by atoms with van der Waals surface area (Å²) in [6.45, 7) is 0. The van der Waals surface area contributed by atoms with Crippen molar-refractivity contribution in [1.29, 1.82) is 0 Å². The number of hydrogen-bond donors (Lipinski definition) is 1. The van der Waals surface area contributed by atoms with Crippen LogP contribution in [0, 0.1) is 0 Å². The molecule has 1 aliphatic carbocycles. The van der Waals surface area contributed by atoms with Gasteiger partial charge in [-0.25, -0.2) is 0 Å². The lowest BCUT2D eigenvalue weighted by Crippen LogP contribution is -2.19. The molecule has 1 fully saturated rings. The standard InChI is InChI=1S/C18H18O4/c1-21-14-7-8-16(22-2)15(11-14)12-3-5-13(6-4-12)18(9-10-18)17(19)20/h3-8,11H,9-10H2,1-2H3,(H,19,20). The third kappa shape index (κ3) is 2.30. The summed E-state index contributed by atoms with van der Waals surface area (Å²) in [5, 5.41) is 9.36. The van der Waals surface area contributed by atoms with Crippen molar-refractivity contribution in [3.63, 3.8) is 0 Å². The van der Waals surface area contributed by atoms with Gasteiger partial charge in [-0.2, -0.15) is 0 Å². The van der Waals surface area contributed by atoms with Gasteiger partial charge in [-0.1, -0.05) is 24.3 Å². The Labute approximate surface area is 129 Å². The molecule has 1 saturated carbocycles. The molecular weight excluding hydrogens is 280 g/mol. The average Bonchev–Trinajstić information content (AvgIpc) is 3.36. The highest BCUT2D eigenvalue weighted by Gasteiger charge is 2.51. The summed E-state index contributed by atoms with van der Waals surface area (Å²) in [5.74, 6) is 0.774. The minimum Gasteiger partial charge on any atom is -0.497 e. The van der Waals surface area contributed by atoms with Crippen molar-refractivity contribution in [2.75, 3.05) is 14.2 Å². The van der Waals surface area contributed by atoms with Gasteiger partial charge in [-0.05, 0) is 42.2 Å². The highest BCUT2D eigenvalue weighted by molar-refractivity contribution is 5.85. The van der Waals surface area contributed by atoms with Gasteiger partial charge in [0.1, 0.15) is 11.5 Å². The first-order valence-electron chi connectivity index (χ1n) is 7.17. The summed E-state index contributed by atoms with van der Waals surface area (Å²) in [4.78, 5) is 11.4. The van der Waals surface area contributed by atoms with Crippen molar-refractivity contribution < 1.29 is 19.4 Å². The molecule has 0 radical (unpaired) electrons. The van der Waals surface area contributed by atoms with Crippen molar-refractivity contribution in [2.45, 2.75) is 18.3 Å². The van der Waals surface area contributed by atoms with Crippen LogP contribution in [0.2, 0.25) is 0 Å². The summed E-state index contributed by atoms with van der Waals surface area (Å²) in [6, 6.07) is 13.3. The van der Waals surface area contributed by atoms with Crippen molar-refractivity contribution in [3.8, 4) is 22.6 Å². The van der Waals surface area contributed by atoms with E-state index in [2.05, 4.69) is 0 Å². The van der Waals surface area contributed by atoms with Crippen molar-refractivity contribution in [3.05, 3.63) is 48.0 Å². The Morgan fingerprint density at radius 3 is 2.23 bits per heavy atom. The van der Waals surface area contributed by atoms with Gasteiger partial charge in [0.05, 0.1) is 19.6 Å². The number of aliphatic carboxylic acids is 1.